The van der Waals surface area contributed by atoms with Gasteiger partial charge in [0.2, 0.25) is 5.91 Å². The molecular formula is C19H23NO2. The standard InChI is InChI=1S/C19H23NO2/c1-16-8-10-17(11-9-16)12-13-19(21)20-14-5-15-22-18-6-3-2-4-7-18/h2-4,6-11H,5,12-15H2,1H3,(H,20,21). The molecule has 0 unspecified atom stereocenters. The summed E-state index contributed by atoms with van der Waals surface area (Å²) in [6.07, 6.45) is 2.13. The van der Waals surface area contributed by atoms with E-state index in [1.54, 1.807) is 0 Å². The lowest BCUT2D eigenvalue weighted by Crippen LogP contribution is -2.25. The Balaban J connectivity index is 1.55. The van der Waals surface area contributed by atoms with E-state index in [1.165, 1.54) is 11.1 Å². The summed E-state index contributed by atoms with van der Waals surface area (Å²) in [5.74, 6) is 0.966. The van der Waals surface area contributed by atoms with Crippen molar-refractivity contribution in [3.8, 4) is 5.75 Å². The van der Waals surface area contributed by atoms with Crippen LogP contribution >= 0.6 is 0 Å². The highest BCUT2D eigenvalue weighted by Gasteiger charge is 2.02. The molecule has 1 N–H and O–H groups in total. The molecule has 0 bridgehead atoms. The molecule has 0 spiro atoms. The lowest BCUT2D eigenvalue weighted by Gasteiger charge is -2.07. The Morgan fingerprint density at radius 3 is 2.50 bits per heavy atom. The molecule has 1 amide bonds. The smallest absolute Gasteiger partial charge is 0.220 e. The Morgan fingerprint density at radius 1 is 1.05 bits per heavy atom. The van der Waals surface area contributed by atoms with E-state index < -0.39 is 0 Å². The zero-order valence-electron chi connectivity index (χ0n) is 13.0. The SMILES string of the molecule is Cc1ccc(CCC(=O)NCCCOc2ccccc2)cc1. The maximum absolute atomic E-state index is 11.8. The number of hydrogen-bond donors (Lipinski definition) is 1. The van der Waals surface area contributed by atoms with Crippen molar-refractivity contribution >= 4 is 5.91 Å². The summed E-state index contributed by atoms with van der Waals surface area (Å²) in [6.45, 7) is 3.33. The van der Waals surface area contributed by atoms with E-state index in [1.807, 2.05) is 30.3 Å². The van der Waals surface area contributed by atoms with Gasteiger partial charge in [0.15, 0.2) is 0 Å². The molecule has 2 aromatic carbocycles. The molecule has 22 heavy (non-hydrogen) atoms. The van der Waals surface area contributed by atoms with Gasteiger partial charge >= 0.3 is 0 Å². The molecule has 3 nitrogen and oxygen atoms in total. The maximum atomic E-state index is 11.8. The summed E-state index contributed by atoms with van der Waals surface area (Å²) in [5.41, 5.74) is 2.44. The first kappa shape index (κ1) is 16.1. The summed E-state index contributed by atoms with van der Waals surface area (Å²) in [5, 5.41) is 2.93. The second-order valence-corrected chi connectivity index (χ2v) is 5.35. The van der Waals surface area contributed by atoms with Crippen LogP contribution in [0.1, 0.15) is 24.0 Å². The minimum Gasteiger partial charge on any atom is -0.494 e. The van der Waals surface area contributed by atoms with Gasteiger partial charge < -0.3 is 10.1 Å². The topological polar surface area (TPSA) is 38.3 Å². The highest BCUT2D eigenvalue weighted by atomic mass is 16.5. The van der Waals surface area contributed by atoms with Crippen LogP contribution in [-0.4, -0.2) is 19.1 Å². The van der Waals surface area contributed by atoms with E-state index in [0.29, 0.717) is 19.6 Å². The number of benzene rings is 2. The number of ether oxygens (including phenoxy) is 1. The first-order valence-corrected chi connectivity index (χ1v) is 7.74. The van der Waals surface area contributed by atoms with Crippen molar-refractivity contribution in [2.24, 2.45) is 0 Å². The summed E-state index contributed by atoms with van der Waals surface area (Å²) >= 11 is 0. The third kappa shape index (κ3) is 6.00. The Hall–Kier alpha value is -2.29. The average molecular weight is 297 g/mol. The number of hydrogen-bond acceptors (Lipinski definition) is 2. The van der Waals surface area contributed by atoms with Crippen LogP contribution in [0.3, 0.4) is 0 Å². The van der Waals surface area contributed by atoms with Crippen molar-refractivity contribution in [2.75, 3.05) is 13.2 Å². The predicted molar refractivity (Wildman–Crippen MR) is 89.1 cm³/mol. The third-order valence-electron chi connectivity index (χ3n) is 3.42. The van der Waals surface area contributed by atoms with Gasteiger partial charge in [-0.05, 0) is 37.5 Å². The normalized spacial score (nSPS) is 10.2. The van der Waals surface area contributed by atoms with Gasteiger partial charge in [0.25, 0.3) is 0 Å². The van der Waals surface area contributed by atoms with Gasteiger partial charge in [-0.15, -0.1) is 0 Å². The molecule has 2 aromatic rings. The summed E-state index contributed by atoms with van der Waals surface area (Å²) < 4.78 is 5.58. The number of amides is 1. The second-order valence-electron chi connectivity index (χ2n) is 5.35. The Kier molecular flexibility index (Phi) is 6.49. The molecule has 0 aliphatic heterocycles. The number of carbonyl (C=O) groups is 1. The van der Waals surface area contributed by atoms with Gasteiger partial charge in [0.05, 0.1) is 6.61 Å². The molecule has 0 aliphatic carbocycles. The molecular weight excluding hydrogens is 274 g/mol. The monoisotopic (exact) mass is 297 g/mol. The molecule has 0 saturated carbocycles. The van der Waals surface area contributed by atoms with Crippen LogP contribution in [0.25, 0.3) is 0 Å². The molecule has 0 atom stereocenters. The average Bonchev–Trinajstić information content (AvgIpc) is 2.55. The molecule has 0 heterocycles. The van der Waals surface area contributed by atoms with Crippen molar-refractivity contribution < 1.29 is 9.53 Å². The number of nitrogens with one attached hydrogen (secondary N) is 1. The fourth-order valence-electron chi connectivity index (χ4n) is 2.11. The summed E-state index contributed by atoms with van der Waals surface area (Å²) in [7, 11) is 0. The van der Waals surface area contributed by atoms with Gasteiger partial charge in [-0.1, -0.05) is 48.0 Å². The predicted octanol–water partition coefficient (Wildman–Crippen LogP) is 3.51. The first-order valence-electron chi connectivity index (χ1n) is 7.74. The van der Waals surface area contributed by atoms with Crippen LogP contribution in [0.5, 0.6) is 5.75 Å². The van der Waals surface area contributed by atoms with Crippen LogP contribution in [0.15, 0.2) is 54.6 Å². The van der Waals surface area contributed by atoms with Crippen molar-refractivity contribution in [2.45, 2.75) is 26.2 Å². The number of rotatable bonds is 8. The van der Waals surface area contributed by atoms with E-state index in [-0.39, 0.29) is 5.91 Å². The van der Waals surface area contributed by atoms with Crippen molar-refractivity contribution in [3.63, 3.8) is 0 Å². The molecule has 0 radical (unpaired) electrons. The fraction of sp³-hybridized carbons (Fsp3) is 0.316. The molecule has 0 aliphatic rings. The maximum Gasteiger partial charge on any atom is 0.220 e. The fourth-order valence-corrected chi connectivity index (χ4v) is 2.11. The third-order valence-corrected chi connectivity index (χ3v) is 3.42. The van der Waals surface area contributed by atoms with E-state index >= 15 is 0 Å². The molecule has 3 heteroatoms. The van der Waals surface area contributed by atoms with Crippen LogP contribution in [0, 0.1) is 6.92 Å². The Morgan fingerprint density at radius 2 is 1.77 bits per heavy atom. The number of aryl methyl sites for hydroxylation is 2. The van der Waals surface area contributed by atoms with Gasteiger partial charge in [-0.2, -0.15) is 0 Å². The Labute approximate surface area is 132 Å². The molecule has 0 aromatic heterocycles. The minimum absolute atomic E-state index is 0.0975. The van der Waals surface area contributed by atoms with Crippen LogP contribution in [0.2, 0.25) is 0 Å². The van der Waals surface area contributed by atoms with Gasteiger partial charge in [-0.3, -0.25) is 4.79 Å². The van der Waals surface area contributed by atoms with Gasteiger partial charge in [0, 0.05) is 13.0 Å². The summed E-state index contributed by atoms with van der Waals surface area (Å²) in [4.78, 5) is 11.8. The Bertz CT molecular complexity index is 564. The highest BCUT2D eigenvalue weighted by Crippen LogP contribution is 2.08. The summed E-state index contributed by atoms with van der Waals surface area (Å²) in [6, 6.07) is 18.0. The minimum atomic E-state index is 0.0975. The van der Waals surface area contributed by atoms with Gasteiger partial charge in [0.1, 0.15) is 5.75 Å². The van der Waals surface area contributed by atoms with Crippen LogP contribution < -0.4 is 10.1 Å². The largest absolute Gasteiger partial charge is 0.494 e. The lowest BCUT2D eigenvalue weighted by atomic mass is 10.1. The van der Waals surface area contributed by atoms with E-state index in [9.17, 15) is 4.79 Å². The molecule has 116 valence electrons. The lowest BCUT2D eigenvalue weighted by molar-refractivity contribution is -0.121. The van der Waals surface area contributed by atoms with E-state index in [2.05, 4.69) is 36.5 Å². The second kappa shape index (κ2) is 8.88. The highest BCUT2D eigenvalue weighted by molar-refractivity contribution is 5.76. The van der Waals surface area contributed by atoms with Crippen molar-refractivity contribution in [3.05, 3.63) is 65.7 Å². The van der Waals surface area contributed by atoms with E-state index in [0.717, 1.165) is 18.6 Å². The zero-order valence-corrected chi connectivity index (χ0v) is 13.0. The van der Waals surface area contributed by atoms with E-state index in [4.69, 9.17) is 4.74 Å². The van der Waals surface area contributed by atoms with Crippen molar-refractivity contribution in [1.29, 1.82) is 0 Å². The zero-order chi connectivity index (χ0) is 15.6. The number of carbonyl (C=O) groups excluding carboxylic acids is 1. The number of para-hydroxylation sites is 1. The molecule has 0 fully saturated rings. The van der Waals surface area contributed by atoms with Gasteiger partial charge in [-0.25, -0.2) is 0 Å². The van der Waals surface area contributed by atoms with Crippen molar-refractivity contribution in [1.82, 2.24) is 5.32 Å². The molecule has 0 saturated heterocycles. The first-order chi connectivity index (χ1) is 10.7. The van der Waals surface area contributed by atoms with Crippen LogP contribution in [-0.2, 0) is 11.2 Å². The quantitative estimate of drug-likeness (QED) is 0.757. The van der Waals surface area contributed by atoms with Crippen LogP contribution in [0.4, 0.5) is 0 Å². The molecule has 2 rings (SSSR count).